The molecule has 1 aromatic carbocycles. The second kappa shape index (κ2) is 5.30. The second-order valence-electron chi connectivity index (χ2n) is 4.95. The number of hydrogen-bond donors (Lipinski definition) is 1. The minimum atomic E-state index is -3.31. The van der Waals surface area contributed by atoms with Gasteiger partial charge in [-0.1, -0.05) is 30.3 Å². The minimum absolute atomic E-state index is 0.128. The zero-order valence-corrected chi connectivity index (χ0v) is 11.9. The summed E-state index contributed by atoms with van der Waals surface area (Å²) in [6, 6.07) is 10.1. The Morgan fingerprint density at radius 1 is 1.37 bits per heavy atom. The SMILES string of the molecule is CN(CC(=O)N[C@@H]1C[C@H]1c1ccccc1)S(C)(=O)=O. The number of carbonyl (C=O) groups excluding carboxylic acids is 1. The number of nitrogens with one attached hydrogen (secondary N) is 1. The summed E-state index contributed by atoms with van der Waals surface area (Å²) in [5.74, 6) is 0.102. The van der Waals surface area contributed by atoms with Gasteiger partial charge in [0.05, 0.1) is 12.8 Å². The molecule has 104 valence electrons. The number of amides is 1. The lowest BCUT2D eigenvalue weighted by Gasteiger charge is -2.13. The van der Waals surface area contributed by atoms with E-state index in [2.05, 4.69) is 5.32 Å². The third kappa shape index (κ3) is 3.78. The molecule has 0 aromatic heterocycles. The van der Waals surface area contributed by atoms with Crippen molar-refractivity contribution in [1.82, 2.24) is 9.62 Å². The van der Waals surface area contributed by atoms with E-state index < -0.39 is 10.0 Å². The van der Waals surface area contributed by atoms with Crippen molar-refractivity contribution in [3.05, 3.63) is 35.9 Å². The van der Waals surface area contributed by atoms with Crippen molar-refractivity contribution in [3.8, 4) is 0 Å². The van der Waals surface area contributed by atoms with E-state index in [0.29, 0.717) is 5.92 Å². The van der Waals surface area contributed by atoms with Crippen LogP contribution in [0.3, 0.4) is 0 Å². The van der Waals surface area contributed by atoms with Crippen LogP contribution in [0.25, 0.3) is 0 Å². The monoisotopic (exact) mass is 282 g/mol. The van der Waals surface area contributed by atoms with Gasteiger partial charge in [-0.05, 0) is 12.0 Å². The maximum Gasteiger partial charge on any atom is 0.235 e. The molecular weight excluding hydrogens is 264 g/mol. The molecule has 0 saturated heterocycles. The van der Waals surface area contributed by atoms with Gasteiger partial charge in [-0.25, -0.2) is 8.42 Å². The predicted molar refractivity (Wildman–Crippen MR) is 73.2 cm³/mol. The van der Waals surface area contributed by atoms with Crippen LogP contribution in [-0.4, -0.2) is 44.5 Å². The summed E-state index contributed by atoms with van der Waals surface area (Å²) in [7, 11) is -1.91. The van der Waals surface area contributed by atoms with Crippen molar-refractivity contribution in [3.63, 3.8) is 0 Å². The molecule has 1 aromatic rings. The van der Waals surface area contributed by atoms with Crippen LogP contribution < -0.4 is 5.32 Å². The minimum Gasteiger partial charge on any atom is -0.352 e. The highest BCUT2D eigenvalue weighted by molar-refractivity contribution is 7.88. The Balaban J connectivity index is 1.83. The summed E-state index contributed by atoms with van der Waals surface area (Å²) in [6.45, 7) is -0.128. The molecule has 0 heterocycles. The molecule has 1 aliphatic carbocycles. The molecule has 2 atom stereocenters. The lowest BCUT2D eigenvalue weighted by molar-refractivity contribution is -0.121. The number of sulfonamides is 1. The van der Waals surface area contributed by atoms with Gasteiger partial charge in [0.2, 0.25) is 15.9 Å². The van der Waals surface area contributed by atoms with Gasteiger partial charge in [-0.3, -0.25) is 4.79 Å². The van der Waals surface area contributed by atoms with Gasteiger partial charge in [-0.2, -0.15) is 4.31 Å². The first kappa shape index (κ1) is 14.0. The molecule has 0 aliphatic heterocycles. The van der Waals surface area contributed by atoms with E-state index in [4.69, 9.17) is 0 Å². The molecule has 1 N–H and O–H groups in total. The molecule has 1 amide bonds. The smallest absolute Gasteiger partial charge is 0.235 e. The largest absolute Gasteiger partial charge is 0.352 e. The van der Waals surface area contributed by atoms with Crippen LogP contribution in [0.2, 0.25) is 0 Å². The van der Waals surface area contributed by atoms with Crippen LogP contribution in [-0.2, 0) is 14.8 Å². The van der Waals surface area contributed by atoms with E-state index in [-0.39, 0.29) is 18.5 Å². The second-order valence-corrected chi connectivity index (χ2v) is 7.04. The molecule has 1 aliphatic rings. The van der Waals surface area contributed by atoms with Gasteiger partial charge in [-0.15, -0.1) is 0 Å². The average Bonchev–Trinajstić information content (AvgIpc) is 3.08. The van der Waals surface area contributed by atoms with Gasteiger partial charge < -0.3 is 5.32 Å². The van der Waals surface area contributed by atoms with Crippen molar-refractivity contribution in [2.75, 3.05) is 19.8 Å². The van der Waals surface area contributed by atoms with E-state index >= 15 is 0 Å². The number of hydrogen-bond acceptors (Lipinski definition) is 3. The Morgan fingerprint density at radius 3 is 2.58 bits per heavy atom. The van der Waals surface area contributed by atoms with E-state index in [1.54, 1.807) is 0 Å². The molecule has 2 rings (SSSR count). The third-order valence-electron chi connectivity index (χ3n) is 3.30. The van der Waals surface area contributed by atoms with E-state index in [1.165, 1.54) is 12.6 Å². The first-order valence-electron chi connectivity index (χ1n) is 6.13. The average molecular weight is 282 g/mol. The lowest BCUT2D eigenvalue weighted by atomic mass is 10.1. The fraction of sp³-hybridized carbons (Fsp3) is 0.462. The van der Waals surface area contributed by atoms with Gasteiger partial charge in [0.25, 0.3) is 0 Å². The Morgan fingerprint density at radius 2 is 2.00 bits per heavy atom. The van der Waals surface area contributed by atoms with Gasteiger partial charge >= 0.3 is 0 Å². The molecule has 1 fully saturated rings. The van der Waals surface area contributed by atoms with Gasteiger partial charge in [0, 0.05) is 19.0 Å². The van der Waals surface area contributed by atoms with Gasteiger partial charge in [0.15, 0.2) is 0 Å². The Bertz CT molecular complexity index is 557. The molecule has 0 unspecified atom stereocenters. The Hall–Kier alpha value is -1.40. The van der Waals surface area contributed by atoms with Crippen molar-refractivity contribution in [1.29, 1.82) is 0 Å². The molecule has 0 spiro atoms. The quantitative estimate of drug-likeness (QED) is 0.857. The number of nitrogens with zero attached hydrogens (tertiary/aromatic N) is 1. The normalized spacial score (nSPS) is 22.3. The molecule has 1 saturated carbocycles. The standard InChI is InChI=1S/C13H18N2O3S/c1-15(19(2,17)18)9-13(16)14-12-8-11(12)10-6-4-3-5-7-10/h3-7,11-12H,8-9H2,1-2H3,(H,14,16)/t11-,12+/m0/s1. The number of benzene rings is 1. The molecule has 5 nitrogen and oxygen atoms in total. The zero-order chi connectivity index (χ0) is 14.0. The van der Waals surface area contributed by atoms with Crippen molar-refractivity contribution >= 4 is 15.9 Å². The number of rotatable bonds is 5. The van der Waals surface area contributed by atoms with Crippen LogP contribution in [0, 0.1) is 0 Å². The maximum absolute atomic E-state index is 11.7. The van der Waals surface area contributed by atoms with Crippen LogP contribution in [0.5, 0.6) is 0 Å². The van der Waals surface area contributed by atoms with Crippen LogP contribution >= 0.6 is 0 Å². The molecule has 6 heteroatoms. The van der Waals surface area contributed by atoms with E-state index in [0.717, 1.165) is 17.0 Å². The Kier molecular flexibility index (Phi) is 3.91. The first-order chi connectivity index (χ1) is 8.88. The van der Waals surface area contributed by atoms with E-state index in [1.807, 2.05) is 30.3 Å². The summed E-state index contributed by atoms with van der Waals surface area (Å²) >= 11 is 0. The van der Waals surface area contributed by atoms with Crippen molar-refractivity contribution in [2.24, 2.45) is 0 Å². The molecular formula is C13H18N2O3S. The third-order valence-corrected chi connectivity index (χ3v) is 4.56. The van der Waals surface area contributed by atoms with Crippen molar-refractivity contribution in [2.45, 2.75) is 18.4 Å². The maximum atomic E-state index is 11.7. The number of likely N-dealkylation sites (N-methyl/N-ethyl adjacent to an activating group) is 1. The summed E-state index contributed by atoms with van der Waals surface area (Å²) in [5.41, 5.74) is 1.21. The summed E-state index contributed by atoms with van der Waals surface area (Å²) in [5, 5.41) is 2.86. The highest BCUT2D eigenvalue weighted by Crippen LogP contribution is 2.40. The van der Waals surface area contributed by atoms with Gasteiger partial charge in [0.1, 0.15) is 0 Å². The fourth-order valence-corrected chi connectivity index (χ4v) is 2.35. The lowest BCUT2D eigenvalue weighted by Crippen LogP contribution is -2.39. The fourth-order valence-electron chi connectivity index (χ4n) is 2.00. The van der Waals surface area contributed by atoms with Crippen LogP contribution in [0.15, 0.2) is 30.3 Å². The molecule has 19 heavy (non-hydrogen) atoms. The topological polar surface area (TPSA) is 66.5 Å². The van der Waals surface area contributed by atoms with Crippen LogP contribution in [0.4, 0.5) is 0 Å². The zero-order valence-electron chi connectivity index (χ0n) is 11.0. The predicted octanol–water partition coefficient (Wildman–Crippen LogP) is 0.550. The Labute approximate surface area is 113 Å². The van der Waals surface area contributed by atoms with Crippen LogP contribution in [0.1, 0.15) is 17.9 Å². The summed E-state index contributed by atoms with van der Waals surface area (Å²) < 4.78 is 23.4. The van der Waals surface area contributed by atoms with E-state index in [9.17, 15) is 13.2 Å². The molecule has 0 bridgehead atoms. The van der Waals surface area contributed by atoms with Crippen molar-refractivity contribution < 1.29 is 13.2 Å². The molecule has 0 radical (unpaired) electrons. The number of carbonyl (C=O) groups is 1. The highest BCUT2D eigenvalue weighted by atomic mass is 32.2. The highest BCUT2D eigenvalue weighted by Gasteiger charge is 2.39. The summed E-state index contributed by atoms with van der Waals surface area (Å²) in [6.07, 6.45) is 2.00. The first-order valence-corrected chi connectivity index (χ1v) is 7.98. The summed E-state index contributed by atoms with van der Waals surface area (Å²) in [4.78, 5) is 11.7.